The predicted molar refractivity (Wildman–Crippen MR) is 99.9 cm³/mol. The van der Waals surface area contributed by atoms with Gasteiger partial charge in [0, 0.05) is 5.71 Å². The molecule has 0 aromatic heterocycles. The lowest BCUT2D eigenvalue weighted by atomic mass is 9.83. The summed E-state index contributed by atoms with van der Waals surface area (Å²) >= 11 is 0. The van der Waals surface area contributed by atoms with Gasteiger partial charge in [-0.2, -0.15) is 10.4 Å². The standard InChI is InChI=1S/C21H21N3O2/c22-14-18-8-4-5-9-20(18)26-15-21(25)24-23-19-12-10-17(11-13-19)16-6-2-1-3-7-16/h1-9,17H,10-13,15H2,(H,24,25). The Balaban J connectivity index is 1.45. The van der Waals surface area contributed by atoms with Crippen molar-refractivity contribution in [3.05, 3.63) is 65.7 Å². The Morgan fingerprint density at radius 1 is 1.12 bits per heavy atom. The fraction of sp³-hybridized carbons (Fsp3) is 0.286. The number of hydrazone groups is 1. The summed E-state index contributed by atoms with van der Waals surface area (Å²) in [6.07, 6.45) is 3.87. The van der Waals surface area contributed by atoms with E-state index < -0.39 is 0 Å². The second kappa shape index (κ2) is 8.82. The fourth-order valence-electron chi connectivity index (χ4n) is 3.12. The normalized spacial score (nSPS) is 16.4. The maximum atomic E-state index is 11.9. The molecular formula is C21H21N3O2. The van der Waals surface area contributed by atoms with Gasteiger partial charge >= 0.3 is 0 Å². The second-order valence-corrected chi connectivity index (χ2v) is 6.29. The number of amides is 1. The van der Waals surface area contributed by atoms with E-state index in [1.165, 1.54) is 5.56 Å². The molecule has 26 heavy (non-hydrogen) atoms. The van der Waals surface area contributed by atoms with Gasteiger partial charge < -0.3 is 4.74 Å². The van der Waals surface area contributed by atoms with Crippen LogP contribution in [0.3, 0.4) is 0 Å². The maximum absolute atomic E-state index is 11.9. The molecule has 2 aromatic rings. The molecular weight excluding hydrogens is 326 g/mol. The van der Waals surface area contributed by atoms with Crippen molar-refractivity contribution in [2.24, 2.45) is 5.10 Å². The Morgan fingerprint density at radius 3 is 2.54 bits per heavy atom. The molecule has 0 spiro atoms. The molecule has 3 rings (SSSR count). The van der Waals surface area contributed by atoms with E-state index in [1.54, 1.807) is 24.3 Å². The highest BCUT2D eigenvalue weighted by molar-refractivity contribution is 5.87. The van der Waals surface area contributed by atoms with Crippen LogP contribution in [0.15, 0.2) is 59.7 Å². The van der Waals surface area contributed by atoms with Gasteiger partial charge in [-0.05, 0) is 49.3 Å². The van der Waals surface area contributed by atoms with E-state index in [2.05, 4.69) is 34.8 Å². The first-order valence-electron chi connectivity index (χ1n) is 8.77. The van der Waals surface area contributed by atoms with Crippen molar-refractivity contribution in [1.29, 1.82) is 5.26 Å². The van der Waals surface area contributed by atoms with E-state index in [0.29, 0.717) is 17.2 Å². The molecule has 0 aliphatic heterocycles. The van der Waals surface area contributed by atoms with Crippen LogP contribution >= 0.6 is 0 Å². The van der Waals surface area contributed by atoms with Crippen LogP contribution in [0.25, 0.3) is 0 Å². The fourth-order valence-corrected chi connectivity index (χ4v) is 3.12. The third-order valence-corrected chi connectivity index (χ3v) is 4.54. The molecule has 0 saturated heterocycles. The van der Waals surface area contributed by atoms with Crippen LogP contribution in [-0.2, 0) is 4.79 Å². The van der Waals surface area contributed by atoms with E-state index in [4.69, 9.17) is 10.00 Å². The first-order chi connectivity index (χ1) is 12.8. The summed E-state index contributed by atoms with van der Waals surface area (Å²) in [6.45, 7) is -0.165. The molecule has 132 valence electrons. The molecule has 1 N–H and O–H groups in total. The number of benzene rings is 2. The molecule has 0 radical (unpaired) electrons. The number of nitrogens with zero attached hydrogens (tertiary/aromatic N) is 2. The Morgan fingerprint density at radius 2 is 1.81 bits per heavy atom. The third-order valence-electron chi connectivity index (χ3n) is 4.54. The molecule has 5 nitrogen and oxygen atoms in total. The van der Waals surface area contributed by atoms with Gasteiger partial charge in [-0.25, -0.2) is 5.43 Å². The van der Waals surface area contributed by atoms with Crippen LogP contribution in [0.2, 0.25) is 0 Å². The minimum absolute atomic E-state index is 0.165. The van der Waals surface area contributed by atoms with Crippen LogP contribution < -0.4 is 10.2 Å². The van der Waals surface area contributed by atoms with Gasteiger partial charge in [-0.3, -0.25) is 4.79 Å². The summed E-state index contributed by atoms with van der Waals surface area (Å²) in [7, 11) is 0. The van der Waals surface area contributed by atoms with E-state index in [0.717, 1.165) is 31.4 Å². The first-order valence-corrected chi connectivity index (χ1v) is 8.77. The van der Waals surface area contributed by atoms with Gasteiger partial charge in [0.05, 0.1) is 5.56 Å². The quantitative estimate of drug-likeness (QED) is 0.837. The van der Waals surface area contributed by atoms with Crippen molar-refractivity contribution in [1.82, 2.24) is 5.43 Å². The Hall–Kier alpha value is -3.13. The number of ether oxygens (including phenoxy) is 1. The van der Waals surface area contributed by atoms with Gasteiger partial charge in [0.15, 0.2) is 6.61 Å². The average molecular weight is 347 g/mol. The maximum Gasteiger partial charge on any atom is 0.277 e. The minimum atomic E-state index is -0.324. The summed E-state index contributed by atoms with van der Waals surface area (Å²) < 4.78 is 5.40. The molecule has 5 heteroatoms. The number of hydrogen-bond donors (Lipinski definition) is 1. The highest BCUT2D eigenvalue weighted by Gasteiger charge is 2.19. The molecule has 1 saturated carbocycles. The Labute approximate surface area is 153 Å². The smallest absolute Gasteiger partial charge is 0.277 e. The van der Waals surface area contributed by atoms with E-state index in [1.807, 2.05) is 12.1 Å². The van der Waals surface area contributed by atoms with Crippen molar-refractivity contribution in [2.75, 3.05) is 6.61 Å². The molecule has 0 atom stereocenters. The number of nitrogens with one attached hydrogen (secondary N) is 1. The third kappa shape index (κ3) is 4.70. The van der Waals surface area contributed by atoms with Crippen LogP contribution in [0, 0.1) is 11.3 Å². The zero-order chi connectivity index (χ0) is 18.2. The molecule has 0 unspecified atom stereocenters. The summed E-state index contributed by atoms with van der Waals surface area (Å²) in [4.78, 5) is 11.9. The molecule has 1 amide bonds. The summed E-state index contributed by atoms with van der Waals surface area (Å²) in [5, 5.41) is 13.2. The van der Waals surface area contributed by atoms with Crippen molar-refractivity contribution in [3.8, 4) is 11.8 Å². The average Bonchev–Trinajstić information content (AvgIpc) is 2.72. The number of hydrogen-bond acceptors (Lipinski definition) is 4. The van der Waals surface area contributed by atoms with Gasteiger partial charge in [-0.1, -0.05) is 42.5 Å². The predicted octanol–water partition coefficient (Wildman–Crippen LogP) is 3.77. The van der Waals surface area contributed by atoms with Crippen molar-refractivity contribution < 1.29 is 9.53 Å². The van der Waals surface area contributed by atoms with Gasteiger partial charge in [-0.15, -0.1) is 0 Å². The zero-order valence-electron chi connectivity index (χ0n) is 14.5. The largest absolute Gasteiger partial charge is 0.482 e. The summed E-state index contributed by atoms with van der Waals surface area (Å²) in [5.74, 6) is 0.647. The molecule has 2 aromatic carbocycles. The number of carbonyl (C=O) groups excluding carboxylic acids is 1. The molecule has 0 heterocycles. The zero-order valence-corrected chi connectivity index (χ0v) is 14.5. The van der Waals surface area contributed by atoms with Crippen LogP contribution in [-0.4, -0.2) is 18.2 Å². The first kappa shape index (κ1) is 17.7. The number of para-hydroxylation sites is 1. The highest BCUT2D eigenvalue weighted by atomic mass is 16.5. The monoisotopic (exact) mass is 347 g/mol. The van der Waals surface area contributed by atoms with Gasteiger partial charge in [0.1, 0.15) is 11.8 Å². The van der Waals surface area contributed by atoms with Crippen molar-refractivity contribution in [3.63, 3.8) is 0 Å². The van der Waals surface area contributed by atoms with Crippen molar-refractivity contribution in [2.45, 2.75) is 31.6 Å². The van der Waals surface area contributed by atoms with Crippen LogP contribution in [0.5, 0.6) is 5.75 Å². The van der Waals surface area contributed by atoms with E-state index in [-0.39, 0.29) is 12.5 Å². The lowest BCUT2D eigenvalue weighted by Gasteiger charge is -2.23. The lowest BCUT2D eigenvalue weighted by molar-refractivity contribution is -0.123. The van der Waals surface area contributed by atoms with Gasteiger partial charge in [0.25, 0.3) is 5.91 Å². The number of carbonyl (C=O) groups is 1. The number of rotatable bonds is 5. The lowest BCUT2D eigenvalue weighted by Crippen LogP contribution is -2.26. The van der Waals surface area contributed by atoms with Crippen LogP contribution in [0.4, 0.5) is 0 Å². The highest BCUT2D eigenvalue weighted by Crippen LogP contribution is 2.31. The van der Waals surface area contributed by atoms with Crippen molar-refractivity contribution >= 4 is 11.6 Å². The topological polar surface area (TPSA) is 74.5 Å². The molecule has 1 aliphatic rings. The van der Waals surface area contributed by atoms with E-state index in [9.17, 15) is 4.79 Å². The van der Waals surface area contributed by atoms with Gasteiger partial charge in [0.2, 0.25) is 0 Å². The molecule has 1 aliphatic carbocycles. The molecule has 0 bridgehead atoms. The minimum Gasteiger partial charge on any atom is -0.482 e. The summed E-state index contributed by atoms with van der Waals surface area (Å²) in [6, 6.07) is 19.4. The second-order valence-electron chi connectivity index (χ2n) is 6.29. The Kier molecular flexibility index (Phi) is 6.00. The number of nitriles is 1. The molecule has 1 fully saturated rings. The van der Waals surface area contributed by atoms with E-state index >= 15 is 0 Å². The summed E-state index contributed by atoms with van der Waals surface area (Å²) in [5.41, 5.74) is 5.36. The van der Waals surface area contributed by atoms with Crippen LogP contribution in [0.1, 0.15) is 42.7 Å². The SMILES string of the molecule is N#Cc1ccccc1OCC(=O)NN=C1CCC(c2ccccc2)CC1. The Bertz CT molecular complexity index is 815.